The number of nitrogens with one attached hydrogen (secondary N) is 1. The van der Waals surface area contributed by atoms with Gasteiger partial charge < -0.3 is 10.2 Å². The Morgan fingerprint density at radius 3 is 2.84 bits per heavy atom. The second kappa shape index (κ2) is 5.69. The lowest BCUT2D eigenvalue weighted by atomic mass is 10.2. The van der Waals surface area contributed by atoms with Crippen LogP contribution in [-0.2, 0) is 9.59 Å². The maximum absolute atomic E-state index is 13.6. The SMILES string of the molecule is CCC1NC(=O)CCN(c2ccc(Br)c(F)c2)C1=O. The Morgan fingerprint density at radius 1 is 1.47 bits per heavy atom. The minimum atomic E-state index is -0.540. The summed E-state index contributed by atoms with van der Waals surface area (Å²) in [6, 6.07) is 3.97. The minimum Gasteiger partial charge on any atom is -0.344 e. The Bertz CT molecular complexity index is 521. The Hall–Kier alpha value is -1.43. The molecule has 1 aliphatic heterocycles. The van der Waals surface area contributed by atoms with Crippen molar-refractivity contribution in [2.75, 3.05) is 11.4 Å². The summed E-state index contributed by atoms with van der Waals surface area (Å²) in [6.45, 7) is 2.09. The maximum atomic E-state index is 13.6. The normalized spacial score (nSPS) is 20.2. The Labute approximate surface area is 119 Å². The van der Waals surface area contributed by atoms with E-state index in [1.807, 2.05) is 6.92 Å². The summed E-state index contributed by atoms with van der Waals surface area (Å²) in [5.41, 5.74) is 0.473. The number of amides is 2. The Kier molecular flexibility index (Phi) is 4.19. The van der Waals surface area contributed by atoms with Gasteiger partial charge in [0.25, 0.3) is 0 Å². The van der Waals surface area contributed by atoms with Crippen LogP contribution in [0.5, 0.6) is 0 Å². The van der Waals surface area contributed by atoms with Gasteiger partial charge in [-0.2, -0.15) is 0 Å². The number of nitrogens with zero attached hydrogens (tertiary/aromatic N) is 1. The van der Waals surface area contributed by atoms with Gasteiger partial charge in [0.1, 0.15) is 11.9 Å². The summed E-state index contributed by atoms with van der Waals surface area (Å²) in [5.74, 6) is -0.780. The van der Waals surface area contributed by atoms with Crippen LogP contribution >= 0.6 is 15.9 Å². The van der Waals surface area contributed by atoms with Crippen LogP contribution in [0.25, 0.3) is 0 Å². The second-order valence-electron chi connectivity index (χ2n) is 4.37. The highest BCUT2D eigenvalue weighted by Crippen LogP contribution is 2.24. The van der Waals surface area contributed by atoms with Gasteiger partial charge in [-0.05, 0) is 40.5 Å². The number of hydrogen-bond donors (Lipinski definition) is 1. The molecule has 1 N–H and O–H groups in total. The lowest BCUT2D eigenvalue weighted by Gasteiger charge is -2.23. The van der Waals surface area contributed by atoms with E-state index >= 15 is 0 Å². The van der Waals surface area contributed by atoms with Crippen LogP contribution < -0.4 is 10.2 Å². The molecule has 102 valence electrons. The van der Waals surface area contributed by atoms with Crippen molar-refractivity contribution >= 4 is 33.4 Å². The van der Waals surface area contributed by atoms with Gasteiger partial charge in [0.15, 0.2) is 0 Å². The largest absolute Gasteiger partial charge is 0.344 e. The molecule has 1 saturated heterocycles. The fourth-order valence-electron chi connectivity index (χ4n) is 2.03. The monoisotopic (exact) mass is 328 g/mol. The first-order valence-electron chi connectivity index (χ1n) is 6.08. The predicted molar refractivity (Wildman–Crippen MR) is 73.3 cm³/mol. The summed E-state index contributed by atoms with van der Waals surface area (Å²) in [5, 5.41) is 2.67. The molecule has 1 unspecified atom stereocenters. The fraction of sp³-hybridized carbons (Fsp3) is 0.385. The molecule has 1 atom stereocenters. The average Bonchev–Trinajstić information content (AvgIpc) is 2.53. The third-order valence-electron chi connectivity index (χ3n) is 3.08. The first kappa shape index (κ1) is 14.0. The zero-order chi connectivity index (χ0) is 14.0. The zero-order valence-electron chi connectivity index (χ0n) is 10.5. The van der Waals surface area contributed by atoms with E-state index in [1.165, 1.54) is 11.0 Å². The molecular formula is C13H14BrFN2O2. The number of anilines is 1. The van der Waals surface area contributed by atoms with Crippen LogP contribution in [-0.4, -0.2) is 24.4 Å². The van der Waals surface area contributed by atoms with Crippen molar-refractivity contribution in [2.24, 2.45) is 0 Å². The average molecular weight is 329 g/mol. The molecule has 2 rings (SSSR count). The van der Waals surface area contributed by atoms with Gasteiger partial charge in [-0.15, -0.1) is 0 Å². The molecule has 0 aromatic heterocycles. The second-order valence-corrected chi connectivity index (χ2v) is 5.22. The molecular weight excluding hydrogens is 315 g/mol. The van der Waals surface area contributed by atoms with Crippen molar-refractivity contribution in [3.05, 3.63) is 28.5 Å². The smallest absolute Gasteiger partial charge is 0.249 e. The molecule has 2 amide bonds. The molecule has 4 nitrogen and oxygen atoms in total. The lowest BCUT2D eigenvalue weighted by molar-refractivity contribution is -0.125. The minimum absolute atomic E-state index is 0.153. The Morgan fingerprint density at radius 2 is 2.21 bits per heavy atom. The topological polar surface area (TPSA) is 49.4 Å². The number of hydrogen-bond acceptors (Lipinski definition) is 2. The molecule has 0 spiro atoms. The molecule has 0 bridgehead atoms. The third kappa shape index (κ3) is 2.94. The summed E-state index contributed by atoms with van der Waals surface area (Å²) < 4.78 is 13.9. The number of rotatable bonds is 2. The van der Waals surface area contributed by atoms with Crippen LogP contribution in [0.3, 0.4) is 0 Å². The standard InChI is InChI=1S/C13H14BrFN2O2/c1-2-11-13(19)17(6-5-12(18)16-11)8-3-4-9(14)10(15)7-8/h3-4,7,11H,2,5-6H2,1H3,(H,16,18). The fourth-order valence-corrected chi connectivity index (χ4v) is 2.27. The van der Waals surface area contributed by atoms with E-state index in [4.69, 9.17) is 0 Å². The van der Waals surface area contributed by atoms with Crippen LogP contribution in [0.4, 0.5) is 10.1 Å². The lowest BCUT2D eigenvalue weighted by Crippen LogP contribution is -2.44. The van der Waals surface area contributed by atoms with Crippen molar-refractivity contribution in [1.82, 2.24) is 5.32 Å². The summed E-state index contributed by atoms with van der Waals surface area (Å²) in [7, 11) is 0. The quantitative estimate of drug-likeness (QED) is 0.905. The van der Waals surface area contributed by atoms with Gasteiger partial charge in [-0.1, -0.05) is 6.92 Å². The molecule has 1 fully saturated rings. The van der Waals surface area contributed by atoms with Crippen molar-refractivity contribution in [3.8, 4) is 0 Å². The molecule has 0 saturated carbocycles. The van der Waals surface area contributed by atoms with E-state index in [9.17, 15) is 14.0 Å². The van der Waals surface area contributed by atoms with Crippen LogP contribution in [0, 0.1) is 5.82 Å². The first-order valence-corrected chi connectivity index (χ1v) is 6.88. The number of carbonyl (C=O) groups excluding carboxylic acids is 2. The third-order valence-corrected chi connectivity index (χ3v) is 3.73. The molecule has 1 aromatic rings. The van der Waals surface area contributed by atoms with Crippen molar-refractivity contribution in [2.45, 2.75) is 25.8 Å². The molecule has 6 heteroatoms. The highest BCUT2D eigenvalue weighted by Gasteiger charge is 2.29. The van der Waals surface area contributed by atoms with Crippen molar-refractivity contribution < 1.29 is 14.0 Å². The van der Waals surface area contributed by atoms with E-state index in [0.29, 0.717) is 16.6 Å². The number of benzene rings is 1. The molecule has 0 aliphatic carbocycles. The van der Waals surface area contributed by atoms with E-state index < -0.39 is 11.9 Å². The van der Waals surface area contributed by atoms with E-state index in [2.05, 4.69) is 21.2 Å². The van der Waals surface area contributed by atoms with Crippen LogP contribution in [0.2, 0.25) is 0 Å². The predicted octanol–water partition coefficient (Wildman–Crippen LogP) is 2.22. The zero-order valence-corrected chi connectivity index (χ0v) is 12.0. The van der Waals surface area contributed by atoms with E-state index in [0.717, 1.165) is 0 Å². The van der Waals surface area contributed by atoms with E-state index in [1.54, 1.807) is 12.1 Å². The first-order chi connectivity index (χ1) is 9.02. The Balaban J connectivity index is 2.33. The molecule has 19 heavy (non-hydrogen) atoms. The van der Waals surface area contributed by atoms with Gasteiger partial charge in [0.2, 0.25) is 11.8 Å². The molecule has 0 radical (unpaired) electrons. The molecule has 1 aliphatic rings. The van der Waals surface area contributed by atoms with Crippen molar-refractivity contribution in [1.29, 1.82) is 0 Å². The maximum Gasteiger partial charge on any atom is 0.249 e. The highest BCUT2D eigenvalue weighted by atomic mass is 79.9. The van der Waals surface area contributed by atoms with Gasteiger partial charge in [-0.25, -0.2) is 4.39 Å². The van der Waals surface area contributed by atoms with Gasteiger partial charge >= 0.3 is 0 Å². The van der Waals surface area contributed by atoms with E-state index in [-0.39, 0.29) is 24.8 Å². The highest BCUT2D eigenvalue weighted by molar-refractivity contribution is 9.10. The van der Waals surface area contributed by atoms with Crippen molar-refractivity contribution in [3.63, 3.8) is 0 Å². The summed E-state index contributed by atoms with van der Waals surface area (Å²) in [6.07, 6.45) is 0.736. The molecule has 1 heterocycles. The number of carbonyl (C=O) groups is 2. The van der Waals surface area contributed by atoms with Gasteiger partial charge in [0.05, 0.1) is 4.47 Å². The van der Waals surface area contributed by atoms with Crippen LogP contribution in [0.15, 0.2) is 22.7 Å². The summed E-state index contributed by atoms with van der Waals surface area (Å²) in [4.78, 5) is 25.3. The van der Waals surface area contributed by atoms with Crippen LogP contribution in [0.1, 0.15) is 19.8 Å². The van der Waals surface area contributed by atoms with Gasteiger partial charge in [-0.3, -0.25) is 9.59 Å². The summed E-state index contributed by atoms with van der Waals surface area (Å²) >= 11 is 3.07. The number of halogens is 2. The molecule has 1 aromatic carbocycles. The van der Waals surface area contributed by atoms with Gasteiger partial charge in [0, 0.05) is 18.7 Å².